The van der Waals surface area contributed by atoms with Gasteiger partial charge in [0.25, 0.3) is 0 Å². The molecule has 1 atom stereocenters. The van der Waals surface area contributed by atoms with Crippen molar-refractivity contribution in [3.63, 3.8) is 0 Å². The topological polar surface area (TPSA) is 71.3 Å². The van der Waals surface area contributed by atoms with E-state index in [9.17, 15) is 0 Å². The normalized spacial score (nSPS) is 12.3. The first-order chi connectivity index (χ1) is 16.2. The van der Waals surface area contributed by atoms with E-state index in [-0.39, 0.29) is 11.3 Å². The fraction of sp³-hybridized carbons (Fsp3) is 0.240. The van der Waals surface area contributed by atoms with E-state index in [0.717, 1.165) is 11.1 Å². The van der Waals surface area contributed by atoms with Crippen LogP contribution in [0.4, 0.5) is 0 Å². The Balaban J connectivity index is 1.44. The number of nitrogens with zero attached hydrogens (tertiary/aromatic N) is 4. The molecular weight excluding hydrogens is 440 g/mol. The molecule has 7 nitrogen and oxygen atoms in total. The van der Waals surface area contributed by atoms with Crippen LogP contribution in [-0.4, -0.2) is 38.8 Å². The highest BCUT2D eigenvalue weighted by Gasteiger charge is 2.20. The predicted octanol–water partition coefficient (Wildman–Crippen LogP) is 4.98. The number of imidazole rings is 1. The van der Waals surface area contributed by atoms with E-state index in [4.69, 9.17) is 25.8 Å². The van der Waals surface area contributed by atoms with Gasteiger partial charge in [0.2, 0.25) is 0 Å². The highest BCUT2D eigenvalue weighted by atomic mass is 35.5. The third kappa shape index (κ3) is 6.24. The average molecular weight is 465 g/mol. The maximum atomic E-state index is 6.32. The minimum absolute atomic E-state index is 0.288. The number of benzene rings is 2. The predicted molar refractivity (Wildman–Crippen MR) is 127 cm³/mol. The smallest absolute Gasteiger partial charge is 0.167 e. The van der Waals surface area contributed by atoms with Gasteiger partial charge < -0.3 is 14.2 Å². The average Bonchev–Trinajstić information content (AvgIpc) is 3.29. The van der Waals surface area contributed by atoms with Crippen molar-refractivity contribution < 1.29 is 14.2 Å². The Labute approximate surface area is 197 Å². The number of ether oxygens (including phenoxy) is 3. The minimum Gasteiger partial charge on any atom is -0.374 e. The molecule has 2 aromatic carbocycles. The third-order valence-corrected chi connectivity index (χ3v) is 5.23. The van der Waals surface area contributed by atoms with Crippen LogP contribution in [0.15, 0.2) is 86.0 Å². The Morgan fingerprint density at radius 2 is 1.48 bits per heavy atom. The lowest BCUT2D eigenvalue weighted by Crippen LogP contribution is -2.29. The number of hydrogen-bond acceptors (Lipinski definition) is 6. The molecule has 0 spiro atoms. The SMILES string of the molecule is C=C[C@H](OC(COCc1ccccc1)COCc1ccccc1)n1cnc2c(Cl)ncnc21. The molecule has 2 aromatic heterocycles. The van der Waals surface area contributed by atoms with Crippen LogP contribution in [0, 0.1) is 0 Å². The van der Waals surface area contributed by atoms with Crippen molar-refractivity contribution in [2.75, 3.05) is 13.2 Å². The van der Waals surface area contributed by atoms with E-state index in [1.54, 1.807) is 17.0 Å². The maximum Gasteiger partial charge on any atom is 0.167 e. The number of halogens is 1. The lowest BCUT2D eigenvalue weighted by Gasteiger charge is -2.24. The third-order valence-electron chi connectivity index (χ3n) is 4.95. The summed E-state index contributed by atoms with van der Waals surface area (Å²) < 4.78 is 20.0. The van der Waals surface area contributed by atoms with Crippen LogP contribution < -0.4 is 0 Å². The van der Waals surface area contributed by atoms with Crippen LogP contribution in [0.1, 0.15) is 17.4 Å². The molecule has 0 radical (unpaired) electrons. The van der Waals surface area contributed by atoms with Crippen molar-refractivity contribution in [1.29, 1.82) is 0 Å². The Morgan fingerprint density at radius 1 is 0.879 bits per heavy atom. The first-order valence-corrected chi connectivity index (χ1v) is 11.0. The van der Waals surface area contributed by atoms with Gasteiger partial charge in [0.15, 0.2) is 17.0 Å². The lowest BCUT2D eigenvalue weighted by atomic mass is 10.2. The molecular formula is C25H25ClN4O3. The zero-order chi connectivity index (χ0) is 22.9. The first-order valence-electron chi connectivity index (χ1n) is 10.6. The summed E-state index contributed by atoms with van der Waals surface area (Å²) in [7, 11) is 0. The summed E-state index contributed by atoms with van der Waals surface area (Å²) in [6.07, 6.45) is 3.80. The fourth-order valence-electron chi connectivity index (χ4n) is 3.33. The summed E-state index contributed by atoms with van der Waals surface area (Å²) >= 11 is 6.14. The molecule has 0 aliphatic heterocycles. The van der Waals surface area contributed by atoms with E-state index in [1.807, 2.05) is 60.7 Å². The molecule has 4 aromatic rings. The van der Waals surface area contributed by atoms with Gasteiger partial charge in [0.05, 0.1) is 32.8 Å². The van der Waals surface area contributed by atoms with Crippen molar-refractivity contribution in [1.82, 2.24) is 19.5 Å². The largest absolute Gasteiger partial charge is 0.374 e. The molecule has 8 heteroatoms. The second-order valence-corrected chi connectivity index (χ2v) is 7.73. The van der Waals surface area contributed by atoms with E-state index in [2.05, 4.69) is 21.5 Å². The maximum absolute atomic E-state index is 6.32. The van der Waals surface area contributed by atoms with Crippen molar-refractivity contribution in [3.8, 4) is 0 Å². The van der Waals surface area contributed by atoms with Gasteiger partial charge in [-0.25, -0.2) is 15.0 Å². The van der Waals surface area contributed by atoms with Crippen molar-refractivity contribution in [2.45, 2.75) is 25.5 Å². The van der Waals surface area contributed by atoms with E-state index in [0.29, 0.717) is 37.6 Å². The quantitative estimate of drug-likeness (QED) is 0.217. The van der Waals surface area contributed by atoms with Crippen molar-refractivity contribution in [3.05, 3.63) is 102 Å². The van der Waals surface area contributed by atoms with Gasteiger partial charge in [-0.1, -0.05) is 78.8 Å². The number of fused-ring (bicyclic) bond motifs is 1. The molecule has 0 saturated heterocycles. The van der Waals surface area contributed by atoms with Gasteiger partial charge in [0, 0.05) is 0 Å². The summed E-state index contributed by atoms with van der Waals surface area (Å²) in [6.45, 7) is 5.57. The van der Waals surface area contributed by atoms with E-state index in [1.165, 1.54) is 6.33 Å². The molecule has 170 valence electrons. The van der Waals surface area contributed by atoms with Crippen molar-refractivity contribution >= 4 is 22.8 Å². The van der Waals surface area contributed by atoms with Gasteiger partial charge in [0.1, 0.15) is 17.9 Å². The Kier molecular flexibility index (Phi) is 8.16. The van der Waals surface area contributed by atoms with Gasteiger partial charge in [-0.3, -0.25) is 4.57 Å². The molecule has 0 N–H and O–H groups in total. The monoisotopic (exact) mass is 464 g/mol. The summed E-state index contributed by atoms with van der Waals surface area (Å²) in [6, 6.07) is 20.0. The summed E-state index contributed by atoms with van der Waals surface area (Å²) in [4.78, 5) is 12.6. The molecule has 0 unspecified atom stereocenters. The standard InChI is InChI=1S/C25H25ClN4O3/c1-2-22(30-18-29-23-24(26)27-17-28-25(23)30)33-21(15-31-13-19-9-5-3-6-10-19)16-32-14-20-11-7-4-8-12-20/h2-12,17-18,21-22H,1,13-16H2/t22-/m0/s1. The number of aromatic nitrogens is 4. The van der Waals surface area contributed by atoms with Crippen LogP contribution >= 0.6 is 11.6 Å². The molecule has 4 rings (SSSR count). The molecule has 33 heavy (non-hydrogen) atoms. The molecule has 0 aliphatic carbocycles. The molecule has 2 heterocycles. The second-order valence-electron chi connectivity index (χ2n) is 7.37. The van der Waals surface area contributed by atoms with Crippen LogP contribution in [0.25, 0.3) is 11.2 Å². The Hall–Kier alpha value is -3.10. The van der Waals surface area contributed by atoms with Crippen LogP contribution in [-0.2, 0) is 27.4 Å². The Morgan fingerprint density at radius 3 is 2.06 bits per heavy atom. The number of rotatable bonds is 12. The van der Waals surface area contributed by atoms with Gasteiger partial charge in [-0.05, 0) is 17.2 Å². The fourth-order valence-corrected chi connectivity index (χ4v) is 3.51. The first kappa shape index (κ1) is 23.1. The van der Waals surface area contributed by atoms with Gasteiger partial charge >= 0.3 is 0 Å². The summed E-state index contributed by atoms with van der Waals surface area (Å²) in [5.41, 5.74) is 3.25. The molecule has 0 fully saturated rings. The van der Waals surface area contributed by atoms with Crippen molar-refractivity contribution in [2.24, 2.45) is 0 Å². The van der Waals surface area contributed by atoms with Crippen LogP contribution in [0.3, 0.4) is 0 Å². The van der Waals surface area contributed by atoms with Gasteiger partial charge in [-0.15, -0.1) is 0 Å². The molecule has 0 saturated carbocycles. The Bertz CT molecular complexity index is 1110. The lowest BCUT2D eigenvalue weighted by molar-refractivity contribution is -0.103. The zero-order valence-corrected chi connectivity index (χ0v) is 18.8. The summed E-state index contributed by atoms with van der Waals surface area (Å²) in [5.74, 6) is 0. The highest BCUT2D eigenvalue weighted by Crippen LogP contribution is 2.23. The molecule has 0 bridgehead atoms. The number of hydrogen-bond donors (Lipinski definition) is 0. The molecule has 0 aliphatic rings. The highest BCUT2D eigenvalue weighted by molar-refractivity contribution is 6.33. The zero-order valence-electron chi connectivity index (χ0n) is 18.1. The minimum atomic E-state index is -0.536. The molecule has 0 amide bonds. The van der Waals surface area contributed by atoms with Crippen LogP contribution in [0.2, 0.25) is 5.15 Å². The second kappa shape index (κ2) is 11.7. The van der Waals surface area contributed by atoms with Gasteiger partial charge in [-0.2, -0.15) is 0 Å². The van der Waals surface area contributed by atoms with E-state index >= 15 is 0 Å². The van der Waals surface area contributed by atoms with E-state index < -0.39 is 6.23 Å². The van der Waals surface area contributed by atoms with Crippen LogP contribution in [0.5, 0.6) is 0 Å². The summed E-state index contributed by atoms with van der Waals surface area (Å²) in [5, 5.41) is 0.288.